The van der Waals surface area contributed by atoms with Crippen molar-refractivity contribution in [2.75, 3.05) is 32.8 Å². The molecule has 1 N–H and O–H groups in total. The molecular weight excluding hydrogens is 450 g/mol. The molecule has 32 heavy (non-hydrogen) atoms. The van der Waals surface area contributed by atoms with Crippen molar-refractivity contribution in [2.45, 2.75) is 42.4 Å². The fourth-order valence-corrected chi connectivity index (χ4v) is 10.3. The molecule has 3 amide bonds. The van der Waals surface area contributed by atoms with Crippen molar-refractivity contribution in [3.05, 3.63) is 14.5 Å². The second-order valence-corrected chi connectivity index (χ2v) is 12.4. The number of ether oxygens (including phenoxy) is 1. The van der Waals surface area contributed by atoms with E-state index in [0.717, 1.165) is 16.3 Å². The van der Waals surface area contributed by atoms with Crippen LogP contribution in [0.4, 0.5) is 0 Å². The van der Waals surface area contributed by atoms with Gasteiger partial charge in [-0.2, -0.15) is 0 Å². The molecular formula is C22H27N3O5S2. The van der Waals surface area contributed by atoms with E-state index in [1.165, 1.54) is 16.2 Å². The Labute approximate surface area is 194 Å². The van der Waals surface area contributed by atoms with Gasteiger partial charge in [-0.1, -0.05) is 25.2 Å². The van der Waals surface area contributed by atoms with Crippen LogP contribution in [0.3, 0.4) is 0 Å². The molecule has 0 radical (unpaired) electrons. The van der Waals surface area contributed by atoms with Crippen molar-refractivity contribution in [1.82, 2.24) is 14.8 Å². The SMILES string of the molecule is CC1(C)c2sc(=O)[nH]c2S[C@@H]2[C@@H]3C[C@H]([C@H]4C(=O)N(CCC(=O)N5CCOCC5)C(=O)[C@H]34)[C@@H]21. The summed E-state index contributed by atoms with van der Waals surface area (Å²) in [7, 11) is 0. The number of nitrogens with one attached hydrogen (secondary N) is 1. The Bertz CT molecular complexity index is 1060. The zero-order valence-corrected chi connectivity index (χ0v) is 19.8. The van der Waals surface area contributed by atoms with Gasteiger partial charge in [0.25, 0.3) is 0 Å². The second-order valence-electron chi connectivity index (χ2n) is 10.2. The number of thiazole rings is 1. The van der Waals surface area contributed by atoms with Crippen molar-refractivity contribution < 1.29 is 19.1 Å². The highest BCUT2D eigenvalue weighted by Gasteiger charge is 2.70. The number of morpholine rings is 1. The van der Waals surface area contributed by atoms with Crippen molar-refractivity contribution in [1.29, 1.82) is 0 Å². The Morgan fingerprint density at radius 3 is 2.53 bits per heavy atom. The highest BCUT2D eigenvalue weighted by Crippen LogP contribution is 2.68. The number of fused-ring (bicyclic) bond motifs is 9. The predicted molar refractivity (Wildman–Crippen MR) is 118 cm³/mol. The highest BCUT2D eigenvalue weighted by molar-refractivity contribution is 8.00. The number of imide groups is 1. The van der Waals surface area contributed by atoms with Crippen LogP contribution in [0.5, 0.6) is 0 Å². The monoisotopic (exact) mass is 477 g/mol. The largest absolute Gasteiger partial charge is 0.378 e. The number of thioether (sulfide) groups is 1. The summed E-state index contributed by atoms with van der Waals surface area (Å²) < 4.78 is 5.30. The van der Waals surface area contributed by atoms with E-state index in [9.17, 15) is 19.2 Å². The first-order valence-corrected chi connectivity index (χ1v) is 13.1. The minimum atomic E-state index is -0.276. The van der Waals surface area contributed by atoms with Gasteiger partial charge in [0.15, 0.2) is 0 Å². The van der Waals surface area contributed by atoms with Crippen LogP contribution < -0.4 is 4.87 Å². The van der Waals surface area contributed by atoms with E-state index in [0.29, 0.717) is 26.3 Å². The maximum atomic E-state index is 13.4. The minimum Gasteiger partial charge on any atom is -0.378 e. The quantitative estimate of drug-likeness (QED) is 0.659. The van der Waals surface area contributed by atoms with Crippen LogP contribution in [0, 0.1) is 29.6 Å². The smallest absolute Gasteiger partial charge is 0.305 e. The zero-order valence-electron chi connectivity index (χ0n) is 18.2. The van der Waals surface area contributed by atoms with Crippen LogP contribution in [0.1, 0.15) is 31.6 Å². The minimum absolute atomic E-state index is 0.0207. The van der Waals surface area contributed by atoms with Gasteiger partial charge in [-0.05, 0) is 24.2 Å². The number of carbonyl (C=O) groups excluding carboxylic acids is 3. The van der Waals surface area contributed by atoms with Crippen molar-refractivity contribution in [3.8, 4) is 0 Å². The lowest BCUT2D eigenvalue weighted by Crippen LogP contribution is -2.48. The first-order valence-electron chi connectivity index (χ1n) is 11.4. The Balaban J connectivity index is 1.23. The molecule has 1 aromatic heterocycles. The summed E-state index contributed by atoms with van der Waals surface area (Å²) in [6.45, 7) is 6.75. The Morgan fingerprint density at radius 2 is 1.81 bits per heavy atom. The molecule has 4 heterocycles. The summed E-state index contributed by atoms with van der Waals surface area (Å²) in [6, 6.07) is 0. The van der Waals surface area contributed by atoms with Gasteiger partial charge in [0, 0.05) is 41.6 Å². The molecule has 3 aliphatic heterocycles. The normalized spacial score (nSPS) is 36.9. The fraction of sp³-hybridized carbons (Fsp3) is 0.727. The maximum Gasteiger partial charge on any atom is 0.305 e. The number of rotatable bonds is 3. The van der Waals surface area contributed by atoms with Crippen molar-refractivity contribution in [2.24, 2.45) is 29.6 Å². The number of H-pyrrole nitrogens is 1. The number of amides is 3. The molecule has 2 aliphatic carbocycles. The molecule has 0 spiro atoms. The molecule has 172 valence electrons. The van der Waals surface area contributed by atoms with Crippen molar-refractivity contribution >= 4 is 40.8 Å². The molecule has 0 aromatic carbocycles. The number of carbonyl (C=O) groups is 3. The standard InChI is InChI=1S/C22H27N3O5S2/c1-22(2)15-10-9-11(16(15)31-18-17(22)32-21(29)23-18)14-13(10)19(27)25(20(14)28)4-3-12(26)24-5-7-30-8-6-24/h10-11,13-16H,3-9H2,1-2H3,(H,23,29)/t10-,11-,13-,14-,15+,16-/m1/s1. The van der Waals surface area contributed by atoms with Gasteiger partial charge < -0.3 is 14.6 Å². The molecule has 4 fully saturated rings. The van der Waals surface area contributed by atoms with Gasteiger partial charge in [-0.15, -0.1) is 11.8 Å². The van der Waals surface area contributed by atoms with Crippen molar-refractivity contribution in [3.63, 3.8) is 0 Å². The molecule has 5 aliphatic rings. The molecule has 1 aromatic rings. The molecule has 10 heteroatoms. The summed E-state index contributed by atoms with van der Waals surface area (Å²) >= 11 is 2.98. The molecule has 2 saturated heterocycles. The summed E-state index contributed by atoms with van der Waals surface area (Å²) in [5.41, 5.74) is -0.206. The van der Waals surface area contributed by atoms with Crippen LogP contribution in [0.2, 0.25) is 0 Å². The van der Waals surface area contributed by atoms with E-state index in [1.807, 2.05) is 0 Å². The number of hydrogen-bond donors (Lipinski definition) is 1. The Morgan fingerprint density at radius 1 is 1.12 bits per heavy atom. The van der Waals surface area contributed by atoms with Gasteiger partial charge in [-0.25, -0.2) is 0 Å². The molecule has 6 rings (SSSR count). The second kappa shape index (κ2) is 7.17. The predicted octanol–water partition coefficient (Wildman–Crippen LogP) is 1.30. The van der Waals surface area contributed by atoms with Gasteiger partial charge >= 0.3 is 4.87 Å². The third-order valence-corrected chi connectivity index (χ3v) is 11.2. The average molecular weight is 478 g/mol. The molecule has 2 saturated carbocycles. The summed E-state index contributed by atoms with van der Waals surface area (Å²) in [5.74, 6) is -0.186. The zero-order chi connectivity index (χ0) is 22.4. The summed E-state index contributed by atoms with van der Waals surface area (Å²) in [5, 5.41) is 1.18. The van der Waals surface area contributed by atoms with E-state index in [2.05, 4.69) is 18.8 Å². The van der Waals surface area contributed by atoms with Crippen LogP contribution in [0.15, 0.2) is 9.82 Å². The Hall–Kier alpha value is -1.65. The Kier molecular flexibility index (Phi) is 4.69. The first kappa shape index (κ1) is 20.9. The molecule has 6 atom stereocenters. The van der Waals surface area contributed by atoms with E-state index in [1.54, 1.807) is 16.7 Å². The van der Waals surface area contributed by atoms with Crippen LogP contribution in [0.25, 0.3) is 0 Å². The molecule has 0 unspecified atom stereocenters. The van der Waals surface area contributed by atoms with Gasteiger partial charge in [0.2, 0.25) is 17.7 Å². The summed E-state index contributed by atoms with van der Waals surface area (Å²) in [6.07, 6.45) is 1.08. The van der Waals surface area contributed by atoms with E-state index >= 15 is 0 Å². The third-order valence-electron chi connectivity index (χ3n) is 8.40. The topological polar surface area (TPSA) is 99.8 Å². The van der Waals surface area contributed by atoms with Crippen LogP contribution in [-0.4, -0.2) is 70.6 Å². The number of likely N-dealkylation sites (tertiary alicyclic amines) is 1. The van der Waals surface area contributed by atoms with E-state index in [4.69, 9.17) is 4.74 Å². The lowest BCUT2D eigenvalue weighted by Gasteiger charge is -2.47. The molecule has 2 bridgehead atoms. The number of aromatic amines is 1. The summed E-state index contributed by atoms with van der Waals surface area (Å²) in [4.78, 5) is 58.5. The lowest BCUT2D eigenvalue weighted by atomic mass is 9.64. The van der Waals surface area contributed by atoms with Gasteiger partial charge in [0.05, 0.1) is 30.1 Å². The highest BCUT2D eigenvalue weighted by atomic mass is 32.2. The number of aromatic nitrogens is 1. The lowest BCUT2D eigenvalue weighted by molar-refractivity contribution is -0.142. The van der Waals surface area contributed by atoms with Crippen LogP contribution in [-0.2, 0) is 24.5 Å². The third kappa shape index (κ3) is 2.78. The fourth-order valence-electron chi connectivity index (χ4n) is 7.11. The number of nitrogens with zero attached hydrogens (tertiary/aromatic N) is 2. The average Bonchev–Trinajstić information content (AvgIpc) is 3.49. The maximum absolute atomic E-state index is 13.4. The first-order chi connectivity index (χ1) is 15.3. The van der Waals surface area contributed by atoms with Gasteiger partial charge in [-0.3, -0.25) is 24.1 Å². The van der Waals surface area contributed by atoms with Crippen LogP contribution >= 0.6 is 23.1 Å². The molecule has 8 nitrogen and oxygen atoms in total. The number of hydrogen-bond acceptors (Lipinski definition) is 7. The van der Waals surface area contributed by atoms with Gasteiger partial charge in [0.1, 0.15) is 0 Å². The van der Waals surface area contributed by atoms with E-state index in [-0.39, 0.29) is 75.8 Å². The van der Waals surface area contributed by atoms with E-state index < -0.39 is 0 Å².